The molecule has 7 nitrogen and oxygen atoms in total. The minimum absolute atomic E-state index is 0.0257. The molecule has 1 aromatic rings. The molecule has 2 N–H and O–H groups in total. The Labute approximate surface area is 126 Å². The third-order valence-electron chi connectivity index (χ3n) is 3.60. The highest BCUT2D eigenvalue weighted by molar-refractivity contribution is 5.34. The van der Waals surface area contributed by atoms with Gasteiger partial charge in [-0.25, -0.2) is 5.01 Å². The summed E-state index contributed by atoms with van der Waals surface area (Å²) in [4.78, 5) is 12.9. The van der Waals surface area contributed by atoms with Gasteiger partial charge in [-0.1, -0.05) is 6.42 Å². The van der Waals surface area contributed by atoms with Crippen molar-refractivity contribution >= 4 is 11.9 Å². The summed E-state index contributed by atoms with van der Waals surface area (Å²) in [6.07, 6.45) is 3.65. The van der Waals surface area contributed by atoms with E-state index in [9.17, 15) is 0 Å². The van der Waals surface area contributed by atoms with Gasteiger partial charge in [-0.05, 0) is 40.5 Å². The first-order valence-electron chi connectivity index (χ1n) is 7.65. The molecule has 118 valence electrons. The lowest BCUT2D eigenvalue weighted by atomic mass is 10.00. The zero-order valence-electron chi connectivity index (χ0n) is 13.6. The van der Waals surface area contributed by atoms with E-state index in [2.05, 4.69) is 44.6 Å². The summed E-state index contributed by atoms with van der Waals surface area (Å²) in [6, 6.07) is 1.25. The summed E-state index contributed by atoms with van der Waals surface area (Å²) in [5, 5.41) is 5.16. The van der Waals surface area contributed by atoms with Crippen LogP contribution in [-0.2, 0) is 0 Å². The van der Waals surface area contributed by atoms with Crippen LogP contribution in [0.2, 0.25) is 0 Å². The van der Waals surface area contributed by atoms with Crippen molar-refractivity contribution in [2.24, 2.45) is 0 Å². The zero-order valence-corrected chi connectivity index (χ0v) is 13.6. The highest BCUT2D eigenvalue weighted by Gasteiger charge is 2.25. The van der Waals surface area contributed by atoms with Crippen LogP contribution in [0.25, 0.3) is 0 Å². The second-order valence-corrected chi connectivity index (χ2v) is 5.83. The van der Waals surface area contributed by atoms with Crippen molar-refractivity contribution in [1.29, 1.82) is 0 Å². The van der Waals surface area contributed by atoms with E-state index in [1.54, 1.807) is 7.05 Å². The molecule has 0 amide bonds. The van der Waals surface area contributed by atoms with Crippen LogP contribution in [0.5, 0.6) is 6.01 Å². The number of hydrogen-bond acceptors (Lipinski definition) is 7. The fraction of sp³-hybridized carbons (Fsp3) is 0.786. The Morgan fingerprint density at radius 2 is 1.71 bits per heavy atom. The lowest BCUT2D eigenvalue weighted by molar-refractivity contribution is 0.134. The minimum atomic E-state index is 0.0257. The molecule has 0 saturated carbocycles. The molecule has 0 bridgehead atoms. The minimum Gasteiger partial charge on any atom is -0.461 e. The van der Waals surface area contributed by atoms with Gasteiger partial charge in [-0.15, -0.1) is 0 Å². The van der Waals surface area contributed by atoms with Crippen LogP contribution in [0.1, 0.15) is 47.0 Å². The van der Waals surface area contributed by atoms with Crippen LogP contribution >= 0.6 is 0 Å². The lowest BCUT2D eigenvalue weighted by Gasteiger charge is -2.38. The number of hydrogen-bond donors (Lipinski definition) is 2. The Kier molecular flexibility index (Phi) is 5.17. The van der Waals surface area contributed by atoms with E-state index < -0.39 is 0 Å². The number of anilines is 2. The number of nitrogens with one attached hydrogen (secondary N) is 2. The summed E-state index contributed by atoms with van der Waals surface area (Å²) in [5.41, 5.74) is 3.32. The molecule has 1 saturated heterocycles. The maximum Gasteiger partial charge on any atom is 0.323 e. The highest BCUT2D eigenvalue weighted by atomic mass is 16.5. The van der Waals surface area contributed by atoms with Gasteiger partial charge in [0.2, 0.25) is 11.9 Å². The van der Waals surface area contributed by atoms with Crippen LogP contribution in [-0.4, -0.2) is 45.2 Å². The van der Waals surface area contributed by atoms with Crippen molar-refractivity contribution < 1.29 is 4.74 Å². The lowest BCUT2D eigenvalue weighted by Crippen LogP contribution is -2.47. The Hall–Kier alpha value is -1.63. The summed E-state index contributed by atoms with van der Waals surface area (Å²) in [7, 11) is 1.78. The number of nitrogens with zero attached hydrogens (tertiary/aromatic N) is 4. The third kappa shape index (κ3) is 4.17. The fourth-order valence-electron chi connectivity index (χ4n) is 2.54. The van der Waals surface area contributed by atoms with E-state index in [4.69, 9.17) is 4.74 Å². The smallest absolute Gasteiger partial charge is 0.323 e. The maximum atomic E-state index is 5.58. The van der Waals surface area contributed by atoms with Gasteiger partial charge in [0.05, 0.1) is 6.10 Å². The molecule has 0 aliphatic carbocycles. The van der Waals surface area contributed by atoms with E-state index in [0.29, 0.717) is 30.0 Å². The number of piperidine rings is 1. The van der Waals surface area contributed by atoms with E-state index in [-0.39, 0.29) is 6.10 Å². The quantitative estimate of drug-likeness (QED) is 0.863. The molecule has 0 spiro atoms. The topological polar surface area (TPSA) is 75.2 Å². The molecule has 2 unspecified atom stereocenters. The van der Waals surface area contributed by atoms with Crippen LogP contribution in [0.4, 0.5) is 11.9 Å². The predicted octanol–water partition coefficient (Wildman–Crippen LogP) is 2.29. The molecule has 1 aliphatic heterocycles. The largest absolute Gasteiger partial charge is 0.461 e. The van der Waals surface area contributed by atoms with E-state index in [1.807, 2.05) is 13.8 Å². The number of ether oxygens (including phenoxy) is 1. The van der Waals surface area contributed by atoms with Crippen LogP contribution < -0.4 is 15.5 Å². The van der Waals surface area contributed by atoms with Crippen LogP contribution in [0.3, 0.4) is 0 Å². The van der Waals surface area contributed by atoms with E-state index >= 15 is 0 Å². The van der Waals surface area contributed by atoms with Crippen molar-refractivity contribution in [3.63, 3.8) is 0 Å². The van der Waals surface area contributed by atoms with Gasteiger partial charge in [0.15, 0.2) is 0 Å². The van der Waals surface area contributed by atoms with Crippen molar-refractivity contribution in [1.82, 2.24) is 20.0 Å². The Bertz CT molecular complexity index is 457. The average molecular weight is 294 g/mol. The molecule has 2 heterocycles. The van der Waals surface area contributed by atoms with E-state index in [0.717, 1.165) is 0 Å². The van der Waals surface area contributed by atoms with Crippen LogP contribution in [0.15, 0.2) is 0 Å². The van der Waals surface area contributed by atoms with E-state index in [1.165, 1.54) is 19.3 Å². The Morgan fingerprint density at radius 3 is 2.29 bits per heavy atom. The Balaban J connectivity index is 2.17. The van der Waals surface area contributed by atoms with Crippen LogP contribution in [0, 0.1) is 0 Å². The SMILES string of the molecule is CNc1nc(NN2C(C)CCCC2C)nc(OC(C)C)n1. The average Bonchev–Trinajstić information content (AvgIpc) is 2.42. The molecule has 0 radical (unpaired) electrons. The summed E-state index contributed by atoms with van der Waals surface area (Å²) >= 11 is 0. The zero-order chi connectivity index (χ0) is 15.4. The van der Waals surface area contributed by atoms with Gasteiger partial charge in [0, 0.05) is 19.1 Å². The molecule has 2 atom stereocenters. The molecule has 0 aromatic carbocycles. The van der Waals surface area contributed by atoms with Crippen molar-refractivity contribution in [2.45, 2.75) is 65.1 Å². The van der Waals surface area contributed by atoms with Gasteiger partial charge in [-0.2, -0.15) is 15.0 Å². The number of rotatable bonds is 5. The molecule has 1 aliphatic rings. The molecular weight excluding hydrogens is 268 g/mol. The van der Waals surface area contributed by atoms with Crippen molar-refractivity contribution in [2.75, 3.05) is 17.8 Å². The maximum absolute atomic E-state index is 5.58. The summed E-state index contributed by atoms with van der Waals surface area (Å²) < 4.78 is 5.58. The molecular formula is C14H26N6O. The van der Waals surface area contributed by atoms with Gasteiger partial charge in [0.1, 0.15) is 0 Å². The number of hydrazine groups is 1. The standard InChI is InChI=1S/C14H26N6O/c1-9(2)21-14-17-12(15-5)16-13(18-14)19-20-10(3)7-6-8-11(20)4/h9-11H,6-8H2,1-5H3,(H2,15,16,17,18,19). The molecule has 21 heavy (non-hydrogen) atoms. The first kappa shape index (κ1) is 15.8. The predicted molar refractivity (Wildman–Crippen MR) is 83.4 cm³/mol. The highest BCUT2D eigenvalue weighted by Crippen LogP contribution is 2.23. The third-order valence-corrected chi connectivity index (χ3v) is 3.60. The monoisotopic (exact) mass is 294 g/mol. The first-order chi connectivity index (χ1) is 9.99. The first-order valence-corrected chi connectivity index (χ1v) is 7.65. The summed E-state index contributed by atoms with van der Waals surface area (Å²) in [6.45, 7) is 8.33. The number of aromatic nitrogens is 3. The van der Waals surface area contributed by atoms with Gasteiger partial charge < -0.3 is 10.1 Å². The fourth-order valence-corrected chi connectivity index (χ4v) is 2.54. The summed E-state index contributed by atoms with van der Waals surface area (Å²) in [5.74, 6) is 1.02. The molecule has 7 heteroatoms. The molecule has 1 aromatic heterocycles. The Morgan fingerprint density at radius 1 is 1.10 bits per heavy atom. The van der Waals surface area contributed by atoms with Gasteiger partial charge >= 0.3 is 6.01 Å². The van der Waals surface area contributed by atoms with Crippen molar-refractivity contribution in [3.8, 4) is 6.01 Å². The molecule has 2 rings (SSSR count). The van der Waals surface area contributed by atoms with Gasteiger partial charge in [0.25, 0.3) is 0 Å². The molecule has 1 fully saturated rings. The van der Waals surface area contributed by atoms with Gasteiger partial charge in [-0.3, -0.25) is 5.43 Å². The second kappa shape index (κ2) is 6.89. The second-order valence-electron chi connectivity index (χ2n) is 5.83. The van der Waals surface area contributed by atoms with Crippen molar-refractivity contribution in [3.05, 3.63) is 0 Å². The normalized spacial score (nSPS) is 23.1.